The Morgan fingerprint density at radius 2 is 1.69 bits per heavy atom. The average Bonchev–Trinajstić information content (AvgIpc) is 2.55. The molecule has 1 heterocycles. The summed E-state index contributed by atoms with van der Waals surface area (Å²) in [5.41, 5.74) is 3.87. The number of benzene rings is 2. The first kappa shape index (κ1) is 10.7. The van der Waals surface area contributed by atoms with Gasteiger partial charge in [0.05, 0.1) is 0 Å². The van der Waals surface area contributed by atoms with E-state index in [1.807, 2.05) is 0 Å². The number of fused-ring (bicyclic) bond motifs is 3. The van der Waals surface area contributed by atoms with Gasteiger partial charge in [-0.05, 0) is 36.2 Å². The summed E-state index contributed by atoms with van der Waals surface area (Å²) in [4.78, 5) is 3.42. The van der Waals surface area contributed by atoms with Crippen molar-refractivity contribution in [2.24, 2.45) is 0 Å². The molecule has 3 rings (SSSR count). The highest BCUT2D eigenvalue weighted by Crippen LogP contribution is 2.29. The van der Waals surface area contributed by atoms with Gasteiger partial charge < -0.3 is 11.1 Å². The number of hydrogen-bond donors (Lipinski definition) is 2. The Hall–Kier alpha value is -1.80. The van der Waals surface area contributed by atoms with Crippen LogP contribution in [0.1, 0.15) is 11.3 Å². The van der Waals surface area contributed by atoms with Crippen molar-refractivity contribution in [1.82, 2.24) is 11.1 Å². The van der Waals surface area contributed by atoms with Crippen LogP contribution in [0.4, 0.5) is 0 Å². The van der Waals surface area contributed by atoms with Crippen molar-refractivity contribution in [1.29, 1.82) is 0 Å². The Morgan fingerprint density at radius 1 is 0.938 bits per heavy atom. The van der Waals surface area contributed by atoms with Gasteiger partial charge in [0.1, 0.15) is 0 Å². The maximum Gasteiger partial charge on any atom is 0.0465 e. The standard InChI is InChI=1S/C14H13N.H3N/c1-9-10(2)15-13-8-7-11-5-3-4-6-12(11)14(9)13;/h3-8,15H,1-2H3;1H3. The van der Waals surface area contributed by atoms with Crippen molar-refractivity contribution in [3.05, 3.63) is 47.7 Å². The molecule has 0 fully saturated rings. The molecule has 0 spiro atoms. The number of hydrogen-bond acceptors (Lipinski definition) is 1. The molecule has 0 bridgehead atoms. The largest absolute Gasteiger partial charge is 0.358 e. The van der Waals surface area contributed by atoms with Crippen molar-refractivity contribution in [3.63, 3.8) is 0 Å². The molecule has 4 N–H and O–H groups in total. The summed E-state index contributed by atoms with van der Waals surface area (Å²) >= 11 is 0. The number of nitrogens with one attached hydrogen (secondary N) is 1. The van der Waals surface area contributed by atoms with Crippen LogP contribution in [0.25, 0.3) is 21.7 Å². The Kier molecular flexibility index (Phi) is 2.44. The second kappa shape index (κ2) is 3.65. The summed E-state index contributed by atoms with van der Waals surface area (Å²) in [6, 6.07) is 12.9. The fraction of sp³-hybridized carbons (Fsp3) is 0.143. The van der Waals surface area contributed by atoms with Crippen molar-refractivity contribution in [2.45, 2.75) is 13.8 Å². The lowest BCUT2D eigenvalue weighted by molar-refractivity contribution is 1.25. The maximum absolute atomic E-state index is 3.42. The zero-order chi connectivity index (χ0) is 10.4. The lowest BCUT2D eigenvalue weighted by Gasteiger charge is -2.00. The van der Waals surface area contributed by atoms with E-state index < -0.39 is 0 Å². The molecule has 82 valence electrons. The minimum Gasteiger partial charge on any atom is -0.358 e. The highest BCUT2D eigenvalue weighted by Gasteiger charge is 2.06. The first-order valence-electron chi connectivity index (χ1n) is 5.24. The predicted molar refractivity (Wildman–Crippen MR) is 70.3 cm³/mol. The highest BCUT2D eigenvalue weighted by molar-refractivity contribution is 6.08. The molecule has 1 aromatic heterocycles. The van der Waals surface area contributed by atoms with E-state index in [1.54, 1.807) is 0 Å². The normalized spacial score (nSPS) is 10.6. The molecular weight excluding hydrogens is 196 g/mol. The van der Waals surface area contributed by atoms with Crippen LogP contribution >= 0.6 is 0 Å². The molecule has 0 aliphatic carbocycles. The van der Waals surface area contributed by atoms with Gasteiger partial charge in [0.25, 0.3) is 0 Å². The van der Waals surface area contributed by atoms with Gasteiger partial charge in [-0.2, -0.15) is 0 Å². The molecule has 0 atom stereocenters. The number of aromatic amines is 1. The zero-order valence-corrected chi connectivity index (χ0v) is 9.67. The van der Waals surface area contributed by atoms with E-state index in [2.05, 4.69) is 55.2 Å². The highest BCUT2D eigenvalue weighted by atomic mass is 14.7. The summed E-state index contributed by atoms with van der Waals surface area (Å²) in [6.45, 7) is 4.31. The smallest absolute Gasteiger partial charge is 0.0465 e. The molecule has 2 aromatic carbocycles. The Labute approximate surface area is 94.9 Å². The number of H-pyrrole nitrogens is 1. The van der Waals surface area contributed by atoms with Crippen LogP contribution in [0.5, 0.6) is 0 Å². The fourth-order valence-corrected chi connectivity index (χ4v) is 2.26. The number of rotatable bonds is 0. The Morgan fingerprint density at radius 3 is 2.50 bits per heavy atom. The van der Waals surface area contributed by atoms with Gasteiger partial charge in [-0.3, -0.25) is 0 Å². The Balaban J connectivity index is 0.000000963. The van der Waals surface area contributed by atoms with Gasteiger partial charge in [0, 0.05) is 16.6 Å². The first-order chi connectivity index (χ1) is 7.27. The second-order valence-corrected chi connectivity index (χ2v) is 4.08. The molecule has 0 aliphatic heterocycles. The second-order valence-electron chi connectivity index (χ2n) is 4.08. The molecular formula is C14H16N2. The maximum atomic E-state index is 3.42. The summed E-state index contributed by atoms with van der Waals surface area (Å²) < 4.78 is 0. The monoisotopic (exact) mass is 212 g/mol. The number of aromatic nitrogens is 1. The van der Waals surface area contributed by atoms with Crippen LogP contribution < -0.4 is 6.15 Å². The molecule has 0 amide bonds. The summed E-state index contributed by atoms with van der Waals surface area (Å²) in [7, 11) is 0. The molecule has 2 heteroatoms. The summed E-state index contributed by atoms with van der Waals surface area (Å²) in [6.07, 6.45) is 0. The molecule has 2 nitrogen and oxygen atoms in total. The zero-order valence-electron chi connectivity index (χ0n) is 9.67. The van der Waals surface area contributed by atoms with E-state index >= 15 is 0 Å². The lowest BCUT2D eigenvalue weighted by Crippen LogP contribution is -1.75. The molecule has 3 aromatic rings. The molecule has 0 saturated carbocycles. The fourth-order valence-electron chi connectivity index (χ4n) is 2.26. The molecule has 0 radical (unpaired) electrons. The van der Waals surface area contributed by atoms with E-state index in [9.17, 15) is 0 Å². The number of aryl methyl sites for hydroxylation is 2. The predicted octanol–water partition coefficient (Wildman–Crippen LogP) is 4.10. The van der Waals surface area contributed by atoms with Gasteiger partial charge >= 0.3 is 0 Å². The van der Waals surface area contributed by atoms with Crippen LogP contribution in [0.15, 0.2) is 36.4 Å². The van der Waals surface area contributed by atoms with Gasteiger partial charge in [-0.1, -0.05) is 30.3 Å². The third-order valence-corrected chi connectivity index (χ3v) is 3.19. The molecule has 0 aliphatic rings. The van der Waals surface area contributed by atoms with Gasteiger partial charge in [-0.25, -0.2) is 0 Å². The van der Waals surface area contributed by atoms with E-state index in [-0.39, 0.29) is 6.15 Å². The van der Waals surface area contributed by atoms with Gasteiger partial charge in [0.2, 0.25) is 0 Å². The first-order valence-corrected chi connectivity index (χ1v) is 5.24. The molecule has 0 unspecified atom stereocenters. The van der Waals surface area contributed by atoms with Crippen molar-refractivity contribution >= 4 is 21.7 Å². The van der Waals surface area contributed by atoms with Crippen molar-refractivity contribution in [3.8, 4) is 0 Å². The van der Waals surface area contributed by atoms with E-state index in [4.69, 9.17) is 0 Å². The Bertz CT molecular complexity index is 650. The van der Waals surface area contributed by atoms with Crippen molar-refractivity contribution < 1.29 is 0 Å². The van der Waals surface area contributed by atoms with Gasteiger partial charge in [-0.15, -0.1) is 0 Å². The summed E-state index contributed by atoms with van der Waals surface area (Å²) in [5.74, 6) is 0. The van der Waals surface area contributed by atoms with Crippen LogP contribution in [0.3, 0.4) is 0 Å². The average molecular weight is 212 g/mol. The molecule has 0 saturated heterocycles. The van der Waals surface area contributed by atoms with E-state index in [1.165, 1.54) is 32.9 Å². The quantitative estimate of drug-likeness (QED) is 0.579. The minimum atomic E-state index is 0. The third kappa shape index (κ3) is 1.31. The SMILES string of the molecule is Cc1[nH]c2ccc3ccccc3c2c1C.N. The van der Waals surface area contributed by atoms with E-state index in [0.717, 1.165) is 0 Å². The molecule has 16 heavy (non-hydrogen) atoms. The van der Waals surface area contributed by atoms with E-state index in [0.29, 0.717) is 0 Å². The third-order valence-electron chi connectivity index (χ3n) is 3.19. The van der Waals surface area contributed by atoms with Crippen LogP contribution in [0.2, 0.25) is 0 Å². The summed E-state index contributed by atoms with van der Waals surface area (Å²) in [5, 5.41) is 4.02. The lowest BCUT2D eigenvalue weighted by atomic mass is 10.0. The van der Waals surface area contributed by atoms with Crippen LogP contribution in [-0.4, -0.2) is 4.98 Å². The topological polar surface area (TPSA) is 50.8 Å². The van der Waals surface area contributed by atoms with Crippen LogP contribution in [0, 0.1) is 13.8 Å². The van der Waals surface area contributed by atoms with Crippen LogP contribution in [-0.2, 0) is 0 Å². The minimum absolute atomic E-state index is 0. The van der Waals surface area contributed by atoms with Gasteiger partial charge in [0.15, 0.2) is 0 Å². The van der Waals surface area contributed by atoms with Crippen molar-refractivity contribution in [2.75, 3.05) is 0 Å².